The van der Waals surface area contributed by atoms with Gasteiger partial charge >= 0.3 is 5.97 Å². The van der Waals surface area contributed by atoms with Gasteiger partial charge in [0.05, 0.1) is 19.1 Å². The van der Waals surface area contributed by atoms with Crippen LogP contribution in [0.25, 0.3) is 0 Å². The topological polar surface area (TPSA) is 66.8 Å². The van der Waals surface area contributed by atoms with Crippen LogP contribution in [0.15, 0.2) is 35.9 Å². The maximum atomic E-state index is 11.9. The third-order valence-corrected chi connectivity index (χ3v) is 4.44. The van der Waals surface area contributed by atoms with E-state index in [4.69, 9.17) is 4.74 Å². The summed E-state index contributed by atoms with van der Waals surface area (Å²) in [6, 6.07) is 6.87. The number of ether oxygens (including phenoxy) is 1. The zero-order valence-electron chi connectivity index (χ0n) is 13.2. The first-order chi connectivity index (χ1) is 10.5. The van der Waals surface area contributed by atoms with Crippen LogP contribution in [0, 0.1) is 11.8 Å². The molecule has 1 aliphatic rings. The van der Waals surface area contributed by atoms with E-state index >= 15 is 0 Å². The fourth-order valence-corrected chi connectivity index (χ4v) is 3.13. The van der Waals surface area contributed by atoms with E-state index in [-0.39, 0.29) is 29.7 Å². The maximum absolute atomic E-state index is 11.9. The summed E-state index contributed by atoms with van der Waals surface area (Å²) >= 11 is 0. The minimum Gasteiger partial charge on any atom is -0.508 e. The van der Waals surface area contributed by atoms with Crippen molar-refractivity contribution in [3.05, 3.63) is 41.5 Å². The highest BCUT2D eigenvalue weighted by molar-refractivity contribution is 5.70. The number of aromatic hydroxyl groups is 1. The van der Waals surface area contributed by atoms with Crippen molar-refractivity contribution in [2.75, 3.05) is 6.61 Å². The SMILES string of the molecule is C/C=C1\[C@H](CC(=O)OCCc2ccc(O)cc2)C[C@@H](O)[C@H]1C. The van der Waals surface area contributed by atoms with Gasteiger partial charge in [-0.15, -0.1) is 0 Å². The lowest BCUT2D eigenvalue weighted by molar-refractivity contribution is -0.144. The summed E-state index contributed by atoms with van der Waals surface area (Å²) in [6.45, 7) is 4.28. The summed E-state index contributed by atoms with van der Waals surface area (Å²) in [4.78, 5) is 11.9. The van der Waals surface area contributed by atoms with E-state index in [2.05, 4.69) is 0 Å². The number of aliphatic hydroxyl groups is 1. The average Bonchev–Trinajstić information content (AvgIpc) is 2.75. The van der Waals surface area contributed by atoms with Gasteiger partial charge in [0.15, 0.2) is 0 Å². The van der Waals surface area contributed by atoms with Crippen LogP contribution >= 0.6 is 0 Å². The Kier molecular flexibility index (Phi) is 5.61. The Morgan fingerprint density at radius 3 is 2.68 bits per heavy atom. The molecule has 22 heavy (non-hydrogen) atoms. The van der Waals surface area contributed by atoms with Crippen molar-refractivity contribution in [3.63, 3.8) is 0 Å². The number of allylic oxidation sites excluding steroid dienone is 1. The molecule has 1 fully saturated rings. The van der Waals surface area contributed by atoms with E-state index in [1.165, 1.54) is 0 Å². The quantitative estimate of drug-likeness (QED) is 0.648. The van der Waals surface area contributed by atoms with Crippen LogP contribution in [-0.4, -0.2) is 28.9 Å². The second-order valence-electron chi connectivity index (χ2n) is 5.92. The number of carbonyl (C=O) groups is 1. The van der Waals surface area contributed by atoms with Gasteiger partial charge < -0.3 is 14.9 Å². The number of phenols is 1. The Morgan fingerprint density at radius 1 is 1.36 bits per heavy atom. The van der Waals surface area contributed by atoms with Gasteiger partial charge in [-0.3, -0.25) is 4.79 Å². The van der Waals surface area contributed by atoms with Crippen molar-refractivity contribution in [2.45, 2.75) is 39.2 Å². The molecule has 1 aromatic rings. The van der Waals surface area contributed by atoms with Crippen molar-refractivity contribution < 1.29 is 19.7 Å². The number of aliphatic hydroxyl groups excluding tert-OH is 1. The van der Waals surface area contributed by atoms with Crippen molar-refractivity contribution in [1.82, 2.24) is 0 Å². The van der Waals surface area contributed by atoms with Gasteiger partial charge in [0.1, 0.15) is 5.75 Å². The molecule has 0 amide bonds. The molecule has 4 nitrogen and oxygen atoms in total. The van der Waals surface area contributed by atoms with Crippen LogP contribution in [0.5, 0.6) is 5.75 Å². The molecular formula is C18H24O4. The molecule has 4 heteroatoms. The normalized spacial score (nSPS) is 26.3. The second kappa shape index (κ2) is 7.45. The lowest BCUT2D eigenvalue weighted by atomic mass is 9.95. The van der Waals surface area contributed by atoms with Gasteiger partial charge in [0.2, 0.25) is 0 Å². The molecule has 1 aliphatic carbocycles. The van der Waals surface area contributed by atoms with Crippen molar-refractivity contribution >= 4 is 5.97 Å². The minimum absolute atomic E-state index is 0.0937. The van der Waals surface area contributed by atoms with Gasteiger partial charge in [-0.2, -0.15) is 0 Å². The third kappa shape index (κ3) is 4.10. The molecule has 2 N–H and O–H groups in total. The molecule has 0 aliphatic heterocycles. The van der Waals surface area contributed by atoms with Crippen LogP contribution in [-0.2, 0) is 16.0 Å². The first kappa shape index (κ1) is 16.6. The molecule has 0 spiro atoms. The third-order valence-electron chi connectivity index (χ3n) is 4.44. The monoisotopic (exact) mass is 304 g/mol. The standard InChI is InChI=1S/C18H24O4/c1-3-16-12(2)17(20)10-14(16)11-18(21)22-9-8-13-4-6-15(19)7-5-13/h3-7,12,14,17,19-20H,8-11H2,1-2H3/b16-3-/t12-,14-,17+/m0/s1. The van der Waals surface area contributed by atoms with Crippen molar-refractivity contribution in [3.8, 4) is 5.75 Å². The number of rotatable bonds is 5. The van der Waals surface area contributed by atoms with E-state index in [9.17, 15) is 15.0 Å². The highest BCUT2D eigenvalue weighted by Gasteiger charge is 2.35. The van der Waals surface area contributed by atoms with Crippen molar-refractivity contribution in [2.24, 2.45) is 11.8 Å². The molecule has 0 saturated heterocycles. The molecule has 0 heterocycles. The Morgan fingerprint density at radius 2 is 2.05 bits per heavy atom. The van der Waals surface area contributed by atoms with Crippen LogP contribution in [0.1, 0.15) is 32.3 Å². The van der Waals surface area contributed by atoms with E-state index in [0.29, 0.717) is 25.9 Å². The molecule has 0 unspecified atom stereocenters. The maximum Gasteiger partial charge on any atom is 0.306 e. The highest BCUT2D eigenvalue weighted by atomic mass is 16.5. The molecule has 0 aromatic heterocycles. The summed E-state index contributed by atoms with van der Waals surface area (Å²) in [7, 11) is 0. The Balaban J connectivity index is 1.77. The summed E-state index contributed by atoms with van der Waals surface area (Å²) in [5.74, 6) is 0.230. The highest BCUT2D eigenvalue weighted by Crippen LogP contribution is 2.38. The molecule has 120 valence electrons. The number of hydrogen-bond donors (Lipinski definition) is 2. The summed E-state index contributed by atoms with van der Waals surface area (Å²) in [5, 5.41) is 19.1. The van der Waals surface area contributed by atoms with Crippen LogP contribution in [0.3, 0.4) is 0 Å². The zero-order chi connectivity index (χ0) is 16.1. The molecule has 2 rings (SSSR count). The average molecular weight is 304 g/mol. The Hall–Kier alpha value is -1.81. The van der Waals surface area contributed by atoms with Crippen LogP contribution in [0.2, 0.25) is 0 Å². The van der Waals surface area contributed by atoms with E-state index in [0.717, 1.165) is 11.1 Å². The lowest BCUT2D eigenvalue weighted by Gasteiger charge is -2.13. The first-order valence-corrected chi connectivity index (χ1v) is 7.79. The molecule has 1 saturated carbocycles. The zero-order valence-corrected chi connectivity index (χ0v) is 13.2. The second-order valence-corrected chi connectivity index (χ2v) is 5.92. The molecular weight excluding hydrogens is 280 g/mol. The van der Waals surface area contributed by atoms with Gasteiger partial charge in [0, 0.05) is 12.3 Å². The summed E-state index contributed by atoms with van der Waals surface area (Å²) in [5.41, 5.74) is 2.17. The van der Waals surface area contributed by atoms with Crippen molar-refractivity contribution in [1.29, 1.82) is 0 Å². The van der Waals surface area contributed by atoms with E-state index in [1.54, 1.807) is 12.1 Å². The largest absolute Gasteiger partial charge is 0.508 e. The predicted octanol–water partition coefficient (Wildman–Crippen LogP) is 2.83. The van der Waals surface area contributed by atoms with Gasteiger partial charge in [-0.05, 0) is 37.0 Å². The van der Waals surface area contributed by atoms with Crippen LogP contribution in [0.4, 0.5) is 0 Å². The predicted molar refractivity (Wildman–Crippen MR) is 84.4 cm³/mol. The number of carbonyl (C=O) groups excluding carboxylic acids is 1. The number of esters is 1. The van der Waals surface area contributed by atoms with Crippen LogP contribution < -0.4 is 0 Å². The Labute approximate surface area is 131 Å². The Bertz CT molecular complexity index is 533. The van der Waals surface area contributed by atoms with Gasteiger partial charge in [0.25, 0.3) is 0 Å². The summed E-state index contributed by atoms with van der Waals surface area (Å²) in [6.07, 6.45) is 3.24. The fourth-order valence-electron chi connectivity index (χ4n) is 3.13. The summed E-state index contributed by atoms with van der Waals surface area (Å²) < 4.78 is 5.29. The number of hydrogen-bond acceptors (Lipinski definition) is 4. The van der Waals surface area contributed by atoms with Gasteiger partial charge in [-0.1, -0.05) is 30.7 Å². The first-order valence-electron chi connectivity index (χ1n) is 7.79. The van der Waals surface area contributed by atoms with E-state index in [1.807, 2.05) is 32.1 Å². The fraction of sp³-hybridized carbons (Fsp3) is 0.500. The molecule has 0 radical (unpaired) electrons. The van der Waals surface area contributed by atoms with Gasteiger partial charge in [-0.25, -0.2) is 0 Å². The molecule has 0 bridgehead atoms. The molecule has 3 atom stereocenters. The number of phenolic OH excluding ortho intramolecular Hbond substituents is 1. The lowest BCUT2D eigenvalue weighted by Crippen LogP contribution is -2.13. The van der Waals surface area contributed by atoms with E-state index < -0.39 is 0 Å². The molecule has 1 aromatic carbocycles. The smallest absolute Gasteiger partial charge is 0.306 e. The number of benzene rings is 1. The minimum atomic E-state index is -0.360.